The van der Waals surface area contributed by atoms with Gasteiger partial charge in [-0.05, 0) is 71.3 Å². The molecule has 10 heteroatoms. The molecule has 0 radical (unpaired) electrons. The first kappa shape index (κ1) is 29.1. The van der Waals surface area contributed by atoms with Crippen molar-refractivity contribution in [3.05, 3.63) is 108 Å². The Kier molecular flexibility index (Phi) is 8.42. The second kappa shape index (κ2) is 12.7. The van der Waals surface area contributed by atoms with Crippen molar-refractivity contribution in [3.8, 4) is 5.75 Å². The monoisotopic (exact) mass is 606 g/mol. The summed E-state index contributed by atoms with van der Waals surface area (Å²) in [7, 11) is 1.63. The third-order valence-electron chi connectivity index (χ3n) is 7.47. The normalized spacial score (nSPS) is 17.8. The molecule has 0 aliphatic carbocycles. The minimum Gasteiger partial charge on any atom is -0.497 e. The molecule has 0 aromatic heterocycles. The number of anilines is 1. The molecule has 0 bridgehead atoms. The van der Waals surface area contributed by atoms with Gasteiger partial charge in [0.25, 0.3) is 5.91 Å². The summed E-state index contributed by atoms with van der Waals surface area (Å²) in [6.07, 6.45) is 0.559. The first-order valence-electron chi connectivity index (χ1n) is 14.3. The molecule has 2 aliphatic heterocycles. The Bertz CT molecular complexity index is 1790. The quantitative estimate of drug-likeness (QED) is 0.238. The number of carbonyl (C=O) groups excluding carboxylic acids is 3. The lowest BCUT2D eigenvalue weighted by Gasteiger charge is -2.23. The summed E-state index contributed by atoms with van der Waals surface area (Å²) in [6, 6.07) is 28.5. The Morgan fingerprint density at radius 2 is 1.73 bits per heavy atom. The molecule has 6 rings (SSSR count). The average molecular weight is 607 g/mol. The summed E-state index contributed by atoms with van der Waals surface area (Å²) in [6.45, 7) is 2.02. The minimum absolute atomic E-state index is 0.0571. The lowest BCUT2D eigenvalue weighted by molar-refractivity contribution is -0.121. The number of amides is 2. The Hall–Kier alpha value is -4.96. The summed E-state index contributed by atoms with van der Waals surface area (Å²) in [5, 5.41) is 11.6. The van der Waals surface area contributed by atoms with E-state index in [1.54, 1.807) is 43.3 Å². The molecule has 1 N–H and O–H groups in total. The number of fused-ring (bicyclic) bond motifs is 1. The van der Waals surface area contributed by atoms with Crippen molar-refractivity contribution in [2.24, 2.45) is 10.1 Å². The molecule has 2 heterocycles. The first-order chi connectivity index (χ1) is 21.4. The maximum Gasteiger partial charge on any atom is 0.338 e. The van der Waals surface area contributed by atoms with E-state index < -0.39 is 11.2 Å². The van der Waals surface area contributed by atoms with Gasteiger partial charge in [0.05, 0.1) is 31.0 Å². The average Bonchev–Trinajstić information content (AvgIpc) is 3.65. The fraction of sp³-hybridized carbons (Fsp3) is 0.206. The molecule has 9 nitrogen and oxygen atoms in total. The third-order valence-corrected chi connectivity index (χ3v) is 8.61. The largest absolute Gasteiger partial charge is 0.497 e. The molecule has 222 valence electrons. The number of aliphatic imine (C=N–C) groups is 1. The lowest BCUT2D eigenvalue weighted by atomic mass is 9.97. The number of carbonyl (C=O) groups is 3. The lowest BCUT2D eigenvalue weighted by Crippen LogP contribution is -2.25. The van der Waals surface area contributed by atoms with Crippen LogP contribution in [0.3, 0.4) is 0 Å². The second-order valence-electron chi connectivity index (χ2n) is 10.3. The van der Waals surface area contributed by atoms with Gasteiger partial charge >= 0.3 is 5.97 Å². The SMILES string of the molecule is CCOC(=O)c1ccc(NC(=O)C[C@@H]2SC(N3N=C(c4ccc5ccccc5c4)C[C@H]3c3ccc(OC)cc3)=NC2=O)cc1. The van der Waals surface area contributed by atoms with Crippen molar-refractivity contribution in [3.63, 3.8) is 0 Å². The summed E-state index contributed by atoms with van der Waals surface area (Å²) in [5.74, 6) is -0.382. The fourth-order valence-corrected chi connectivity index (χ4v) is 6.27. The standard InChI is InChI=1S/C34H30N4O5S/c1-3-43-33(41)23-10-14-26(15-11-23)35-31(39)20-30-32(40)36-34(44-30)38-29(22-12-16-27(42-2)17-13-22)19-28(37-38)25-9-8-21-6-4-5-7-24(21)18-25/h4-18,29-30H,3,19-20H2,1-2H3,(H,35,39)/t29-,30-/m0/s1. The first-order valence-corrected chi connectivity index (χ1v) is 15.2. The van der Waals surface area contributed by atoms with Crippen LogP contribution in [0.4, 0.5) is 5.69 Å². The van der Waals surface area contributed by atoms with Crippen LogP contribution in [-0.4, -0.2) is 52.6 Å². The maximum atomic E-state index is 13.0. The molecule has 2 aliphatic rings. The molecule has 4 aromatic carbocycles. The number of esters is 1. The summed E-state index contributed by atoms with van der Waals surface area (Å²) in [5.41, 5.74) is 3.81. The van der Waals surface area contributed by atoms with Crippen LogP contribution < -0.4 is 10.1 Å². The van der Waals surface area contributed by atoms with E-state index in [2.05, 4.69) is 40.6 Å². The smallest absolute Gasteiger partial charge is 0.338 e. The van der Waals surface area contributed by atoms with Crippen molar-refractivity contribution in [1.82, 2.24) is 5.01 Å². The highest BCUT2D eigenvalue weighted by Crippen LogP contribution is 2.39. The zero-order valence-electron chi connectivity index (χ0n) is 24.2. The molecule has 44 heavy (non-hydrogen) atoms. The van der Waals surface area contributed by atoms with Gasteiger partial charge in [0, 0.05) is 18.5 Å². The number of rotatable bonds is 8. The predicted molar refractivity (Wildman–Crippen MR) is 172 cm³/mol. The molecule has 0 saturated heterocycles. The Balaban J connectivity index is 1.19. The molecule has 0 saturated carbocycles. The number of benzene rings is 4. The number of methoxy groups -OCH3 is 1. The van der Waals surface area contributed by atoms with Gasteiger partial charge in [0.15, 0.2) is 5.17 Å². The number of nitrogens with one attached hydrogen (secondary N) is 1. The molecule has 0 fully saturated rings. The number of ether oxygens (including phenoxy) is 2. The van der Waals surface area contributed by atoms with Gasteiger partial charge < -0.3 is 14.8 Å². The zero-order valence-corrected chi connectivity index (χ0v) is 25.0. The highest BCUT2D eigenvalue weighted by atomic mass is 32.2. The van der Waals surface area contributed by atoms with E-state index in [1.807, 2.05) is 36.4 Å². The number of hydrogen-bond acceptors (Lipinski definition) is 8. The van der Waals surface area contributed by atoms with Gasteiger partial charge in [-0.3, -0.25) is 9.59 Å². The highest BCUT2D eigenvalue weighted by molar-refractivity contribution is 8.15. The second-order valence-corrected chi connectivity index (χ2v) is 11.5. The van der Waals surface area contributed by atoms with E-state index in [4.69, 9.17) is 14.6 Å². The van der Waals surface area contributed by atoms with E-state index in [1.165, 1.54) is 11.8 Å². The third kappa shape index (κ3) is 6.21. The van der Waals surface area contributed by atoms with Gasteiger partial charge in [0.2, 0.25) is 5.91 Å². The highest BCUT2D eigenvalue weighted by Gasteiger charge is 2.39. The number of hydrazone groups is 1. The van der Waals surface area contributed by atoms with Gasteiger partial charge in [-0.2, -0.15) is 10.1 Å². The minimum atomic E-state index is -0.680. The van der Waals surface area contributed by atoms with Crippen LogP contribution in [0.15, 0.2) is 101 Å². The van der Waals surface area contributed by atoms with Crippen molar-refractivity contribution >= 4 is 56.9 Å². The predicted octanol–water partition coefficient (Wildman–Crippen LogP) is 6.20. The molecule has 0 spiro atoms. The maximum absolute atomic E-state index is 13.0. The molecular weight excluding hydrogens is 576 g/mol. The van der Waals surface area contributed by atoms with Crippen molar-refractivity contribution in [1.29, 1.82) is 0 Å². The van der Waals surface area contributed by atoms with E-state index >= 15 is 0 Å². The molecular formula is C34H30N4O5S. The van der Waals surface area contributed by atoms with Crippen LogP contribution in [0.2, 0.25) is 0 Å². The van der Waals surface area contributed by atoms with Crippen LogP contribution in [0.25, 0.3) is 10.8 Å². The van der Waals surface area contributed by atoms with Gasteiger partial charge in [-0.25, -0.2) is 9.80 Å². The number of thioether (sulfide) groups is 1. The number of amidine groups is 1. The molecule has 2 atom stereocenters. The summed E-state index contributed by atoms with van der Waals surface area (Å²) >= 11 is 1.25. The molecule has 0 unspecified atom stereocenters. The van der Waals surface area contributed by atoms with Crippen molar-refractivity contribution in [2.45, 2.75) is 31.1 Å². The van der Waals surface area contributed by atoms with Crippen LogP contribution in [-0.2, 0) is 14.3 Å². The topological polar surface area (TPSA) is 110 Å². The van der Waals surface area contributed by atoms with Crippen LogP contribution in [0, 0.1) is 0 Å². The molecule has 2 amide bonds. The Labute approximate surface area is 259 Å². The van der Waals surface area contributed by atoms with Gasteiger partial charge in [0.1, 0.15) is 11.0 Å². The fourth-order valence-electron chi connectivity index (χ4n) is 5.20. The number of nitrogens with zero attached hydrogens (tertiary/aromatic N) is 3. The van der Waals surface area contributed by atoms with Crippen LogP contribution in [0.5, 0.6) is 5.75 Å². The zero-order chi connectivity index (χ0) is 30.6. The van der Waals surface area contributed by atoms with E-state index in [0.717, 1.165) is 33.4 Å². The Morgan fingerprint density at radius 1 is 0.977 bits per heavy atom. The van der Waals surface area contributed by atoms with Crippen LogP contribution in [0.1, 0.15) is 47.3 Å². The molecule has 4 aromatic rings. The number of hydrogen-bond donors (Lipinski definition) is 1. The van der Waals surface area contributed by atoms with Crippen LogP contribution >= 0.6 is 11.8 Å². The van der Waals surface area contributed by atoms with Gasteiger partial charge in [-0.15, -0.1) is 0 Å². The summed E-state index contributed by atoms with van der Waals surface area (Å²) in [4.78, 5) is 42.1. The van der Waals surface area contributed by atoms with Crippen molar-refractivity contribution in [2.75, 3.05) is 19.0 Å². The van der Waals surface area contributed by atoms with E-state index in [-0.39, 0.29) is 30.9 Å². The van der Waals surface area contributed by atoms with E-state index in [0.29, 0.717) is 22.8 Å². The Morgan fingerprint density at radius 3 is 2.45 bits per heavy atom. The summed E-state index contributed by atoms with van der Waals surface area (Å²) < 4.78 is 10.3. The van der Waals surface area contributed by atoms with Gasteiger partial charge in [-0.1, -0.05) is 60.3 Å². The van der Waals surface area contributed by atoms with E-state index in [9.17, 15) is 14.4 Å². The van der Waals surface area contributed by atoms with Crippen molar-refractivity contribution < 1.29 is 23.9 Å².